The molecular formula is C31H26F4N6O3. The number of carbonyl (C=O) groups is 1. The summed E-state index contributed by atoms with van der Waals surface area (Å²) < 4.78 is 61.9. The number of hydrogen-bond acceptors (Lipinski definition) is 7. The van der Waals surface area contributed by atoms with Crippen molar-refractivity contribution in [2.24, 2.45) is 0 Å². The molecule has 1 saturated heterocycles. The molecule has 6 rings (SSSR count). The number of anilines is 1. The number of hydrogen-bond donors (Lipinski definition) is 1. The molecule has 1 amide bonds. The Kier molecular flexibility index (Phi) is 7.67. The fourth-order valence-electron chi connectivity index (χ4n) is 5.40. The molecule has 2 fully saturated rings. The van der Waals surface area contributed by atoms with Crippen molar-refractivity contribution in [3.05, 3.63) is 92.8 Å². The molecule has 0 unspecified atom stereocenters. The van der Waals surface area contributed by atoms with Gasteiger partial charge in [-0.05, 0) is 61.2 Å². The number of carbonyl (C=O) groups excluding carboxylic acids is 1. The number of benzene rings is 2. The van der Waals surface area contributed by atoms with Gasteiger partial charge in [0.05, 0.1) is 33.9 Å². The monoisotopic (exact) mass is 606 g/mol. The molecule has 44 heavy (non-hydrogen) atoms. The Hall–Kier alpha value is -4.99. The average Bonchev–Trinajstić information content (AvgIpc) is 3.00. The van der Waals surface area contributed by atoms with Gasteiger partial charge in [-0.1, -0.05) is 6.07 Å². The van der Waals surface area contributed by atoms with E-state index in [1.54, 1.807) is 24.3 Å². The van der Waals surface area contributed by atoms with E-state index in [2.05, 4.69) is 15.2 Å². The van der Waals surface area contributed by atoms with Gasteiger partial charge in [-0.15, -0.1) is 0 Å². The van der Waals surface area contributed by atoms with Crippen molar-refractivity contribution < 1.29 is 27.1 Å². The smallest absolute Gasteiger partial charge is 0.420 e. The zero-order valence-electron chi connectivity index (χ0n) is 23.3. The number of pyridine rings is 1. The number of nitrogens with zero attached hydrogens (tertiary/aromatic N) is 5. The summed E-state index contributed by atoms with van der Waals surface area (Å²) in [6, 6.07) is 11.8. The Morgan fingerprint density at radius 2 is 1.84 bits per heavy atom. The summed E-state index contributed by atoms with van der Waals surface area (Å²) in [6.45, 7) is 0.149. The number of aromatic nitrogens is 3. The van der Waals surface area contributed by atoms with Gasteiger partial charge in [-0.25, -0.2) is 14.5 Å². The SMILES string of the molecule is N#Cc1cnc(N2CCN(C(=O)c3cc(Cc4n[nH]c(=O)c5ccc(OC6CCC6)cc45)ccc3F)CC2)c(C(F)(F)F)c1. The van der Waals surface area contributed by atoms with E-state index in [1.807, 2.05) is 0 Å². The van der Waals surface area contributed by atoms with Crippen LogP contribution in [0.25, 0.3) is 10.8 Å². The van der Waals surface area contributed by atoms with Crippen LogP contribution in [0.3, 0.4) is 0 Å². The molecule has 1 aliphatic heterocycles. The predicted octanol–water partition coefficient (Wildman–Crippen LogP) is 4.83. The van der Waals surface area contributed by atoms with Gasteiger partial charge >= 0.3 is 6.18 Å². The second-order valence-electron chi connectivity index (χ2n) is 10.9. The Bertz CT molecular complexity index is 1840. The lowest BCUT2D eigenvalue weighted by molar-refractivity contribution is -0.137. The molecule has 1 N–H and O–H groups in total. The van der Waals surface area contributed by atoms with E-state index in [0.717, 1.165) is 31.5 Å². The minimum Gasteiger partial charge on any atom is -0.490 e. The fourth-order valence-corrected chi connectivity index (χ4v) is 5.40. The summed E-state index contributed by atoms with van der Waals surface area (Å²) in [7, 11) is 0. The van der Waals surface area contributed by atoms with Crippen LogP contribution in [0.4, 0.5) is 23.4 Å². The first-order chi connectivity index (χ1) is 21.1. The van der Waals surface area contributed by atoms with E-state index >= 15 is 0 Å². The van der Waals surface area contributed by atoms with E-state index in [4.69, 9.17) is 10.00 Å². The van der Waals surface area contributed by atoms with Crippen molar-refractivity contribution in [3.63, 3.8) is 0 Å². The largest absolute Gasteiger partial charge is 0.490 e. The first-order valence-electron chi connectivity index (χ1n) is 14.1. The van der Waals surface area contributed by atoms with E-state index in [-0.39, 0.29) is 61.2 Å². The maximum Gasteiger partial charge on any atom is 0.420 e. The van der Waals surface area contributed by atoms with E-state index in [9.17, 15) is 27.2 Å². The maximum absolute atomic E-state index is 14.9. The van der Waals surface area contributed by atoms with Gasteiger partial charge in [-0.2, -0.15) is 23.5 Å². The standard InChI is InChI=1S/C31H26F4N6O3/c32-26-7-4-18(14-27-23-15-21(44-20-2-1-3-20)5-6-22(23)29(42)39-38-27)12-24(26)30(43)41-10-8-40(9-11-41)28-25(31(33,34)35)13-19(16-36)17-37-28/h4-7,12-13,15,17,20H,1-3,8-11,14H2,(H,39,42). The molecule has 0 bridgehead atoms. The van der Waals surface area contributed by atoms with Crippen LogP contribution < -0.4 is 15.2 Å². The number of H-pyrrole nitrogens is 1. The molecule has 2 aromatic carbocycles. The van der Waals surface area contributed by atoms with Crippen LogP contribution in [-0.4, -0.2) is 58.3 Å². The van der Waals surface area contributed by atoms with E-state index < -0.39 is 23.5 Å². The van der Waals surface area contributed by atoms with Gasteiger partial charge in [0.25, 0.3) is 11.5 Å². The Balaban J connectivity index is 1.20. The summed E-state index contributed by atoms with van der Waals surface area (Å²) in [4.78, 5) is 32.4. The summed E-state index contributed by atoms with van der Waals surface area (Å²) in [5.41, 5.74) is -0.667. The first-order valence-corrected chi connectivity index (χ1v) is 14.1. The highest BCUT2D eigenvalue weighted by Gasteiger charge is 2.37. The first kappa shape index (κ1) is 29.1. The van der Waals surface area contributed by atoms with Crippen LogP contribution in [0.5, 0.6) is 5.75 Å². The number of ether oxygens (including phenoxy) is 1. The van der Waals surface area contributed by atoms with Crippen LogP contribution in [0.15, 0.2) is 53.5 Å². The predicted molar refractivity (Wildman–Crippen MR) is 152 cm³/mol. The molecule has 2 aliphatic rings. The van der Waals surface area contributed by atoms with Crippen molar-refractivity contribution in [1.82, 2.24) is 20.1 Å². The third-order valence-corrected chi connectivity index (χ3v) is 7.99. The van der Waals surface area contributed by atoms with E-state index in [0.29, 0.717) is 27.8 Å². The van der Waals surface area contributed by atoms with Gasteiger partial charge < -0.3 is 14.5 Å². The number of nitrogens with one attached hydrogen (secondary N) is 1. The third-order valence-electron chi connectivity index (χ3n) is 7.99. The molecule has 9 nitrogen and oxygen atoms in total. The molecule has 0 spiro atoms. The highest BCUT2D eigenvalue weighted by Crippen LogP contribution is 2.36. The number of halogens is 4. The lowest BCUT2D eigenvalue weighted by Crippen LogP contribution is -2.49. The average molecular weight is 607 g/mol. The summed E-state index contributed by atoms with van der Waals surface area (Å²) >= 11 is 0. The van der Waals surface area contributed by atoms with Gasteiger partial charge in [-0.3, -0.25) is 9.59 Å². The zero-order chi connectivity index (χ0) is 31.0. The van der Waals surface area contributed by atoms with Crippen LogP contribution in [0.2, 0.25) is 0 Å². The Morgan fingerprint density at radius 3 is 2.52 bits per heavy atom. The summed E-state index contributed by atoms with van der Waals surface area (Å²) in [6.07, 6.45) is -0.250. The number of alkyl halides is 3. The normalized spacial score (nSPS) is 15.6. The van der Waals surface area contributed by atoms with Crippen LogP contribution in [0, 0.1) is 17.1 Å². The highest BCUT2D eigenvalue weighted by molar-refractivity contribution is 5.95. The molecule has 0 atom stereocenters. The Labute approximate surface area is 248 Å². The second kappa shape index (κ2) is 11.6. The highest BCUT2D eigenvalue weighted by atomic mass is 19.4. The summed E-state index contributed by atoms with van der Waals surface area (Å²) in [5, 5.41) is 16.7. The molecule has 3 heterocycles. The van der Waals surface area contributed by atoms with E-state index in [1.165, 1.54) is 28.0 Å². The van der Waals surface area contributed by atoms with Crippen molar-refractivity contribution >= 4 is 22.5 Å². The minimum absolute atomic E-state index is 0.0353. The van der Waals surface area contributed by atoms with Crippen LogP contribution in [-0.2, 0) is 12.6 Å². The molecule has 1 aliphatic carbocycles. The van der Waals surface area contributed by atoms with Crippen molar-refractivity contribution in [3.8, 4) is 11.8 Å². The van der Waals surface area contributed by atoms with Crippen molar-refractivity contribution in [2.75, 3.05) is 31.1 Å². The molecular weight excluding hydrogens is 580 g/mol. The number of fused-ring (bicyclic) bond motifs is 1. The number of nitriles is 1. The topological polar surface area (TPSA) is 115 Å². The van der Waals surface area contributed by atoms with Gasteiger partial charge in [0.15, 0.2) is 0 Å². The molecule has 13 heteroatoms. The third kappa shape index (κ3) is 5.79. The van der Waals surface area contributed by atoms with Gasteiger partial charge in [0.2, 0.25) is 0 Å². The van der Waals surface area contributed by atoms with Gasteiger partial charge in [0.1, 0.15) is 23.5 Å². The maximum atomic E-state index is 14.9. The summed E-state index contributed by atoms with van der Waals surface area (Å²) in [5.74, 6) is -1.02. The van der Waals surface area contributed by atoms with Crippen LogP contribution >= 0.6 is 0 Å². The van der Waals surface area contributed by atoms with Crippen LogP contribution in [0.1, 0.15) is 52.0 Å². The number of piperazine rings is 1. The molecule has 2 aromatic heterocycles. The number of aromatic amines is 1. The van der Waals surface area contributed by atoms with Crippen molar-refractivity contribution in [2.45, 2.75) is 38.0 Å². The lowest BCUT2D eigenvalue weighted by atomic mass is 9.96. The zero-order valence-corrected chi connectivity index (χ0v) is 23.3. The fraction of sp³-hybridized carbons (Fsp3) is 0.323. The molecule has 0 radical (unpaired) electrons. The molecule has 4 aromatic rings. The number of rotatable bonds is 6. The number of amides is 1. The molecule has 1 saturated carbocycles. The molecule has 226 valence electrons. The quantitative estimate of drug-likeness (QED) is 0.313. The Morgan fingerprint density at radius 1 is 1.07 bits per heavy atom. The lowest BCUT2D eigenvalue weighted by Gasteiger charge is -2.36. The minimum atomic E-state index is -4.72. The van der Waals surface area contributed by atoms with Crippen molar-refractivity contribution in [1.29, 1.82) is 5.26 Å². The van der Waals surface area contributed by atoms with Gasteiger partial charge in [0, 0.05) is 44.2 Å². The second-order valence-corrected chi connectivity index (χ2v) is 10.9.